The van der Waals surface area contributed by atoms with Crippen LogP contribution in [0.2, 0.25) is 0 Å². The zero-order valence-electron chi connectivity index (χ0n) is 11.5. The lowest BCUT2D eigenvalue weighted by molar-refractivity contribution is -0.141. The van der Waals surface area contributed by atoms with E-state index in [2.05, 4.69) is 10.4 Å². The molecule has 110 valence electrons. The molecule has 0 atom stereocenters. The van der Waals surface area contributed by atoms with Gasteiger partial charge in [-0.1, -0.05) is 6.42 Å². The van der Waals surface area contributed by atoms with Crippen molar-refractivity contribution in [1.82, 2.24) is 14.3 Å². The molecule has 8 nitrogen and oxygen atoms in total. The van der Waals surface area contributed by atoms with Crippen LogP contribution in [-0.2, 0) is 18.9 Å². The second-order valence-electron chi connectivity index (χ2n) is 5.40. The number of carboxylic acid groups (broad SMARTS) is 1. The van der Waals surface area contributed by atoms with E-state index < -0.39 is 17.2 Å². The van der Waals surface area contributed by atoms with Gasteiger partial charge in [0, 0.05) is 20.6 Å². The highest BCUT2D eigenvalue weighted by molar-refractivity contribution is 5.68. The van der Waals surface area contributed by atoms with Crippen LogP contribution in [0.3, 0.4) is 0 Å². The minimum absolute atomic E-state index is 0.0752. The molecule has 0 spiro atoms. The Morgan fingerprint density at radius 3 is 2.55 bits per heavy atom. The average molecular weight is 282 g/mol. The van der Waals surface area contributed by atoms with E-state index in [0.29, 0.717) is 6.54 Å². The topological polar surface area (TPSA) is 106 Å². The van der Waals surface area contributed by atoms with Crippen molar-refractivity contribution in [3.05, 3.63) is 20.8 Å². The normalized spacial score (nSPS) is 16.5. The highest BCUT2D eigenvalue weighted by Crippen LogP contribution is 2.43. The minimum atomic E-state index is -0.840. The molecule has 20 heavy (non-hydrogen) atoms. The summed E-state index contributed by atoms with van der Waals surface area (Å²) in [6.07, 6.45) is 2.70. The number of aliphatic carboxylic acids is 1. The molecule has 8 heteroatoms. The van der Waals surface area contributed by atoms with Crippen molar-refractivity contribution in [2.45, 2.75) is 25.7 Å². The Bertz CT molecular complexity index is 642. The first-order chi connectivity index (χ1) is 9.34. The Labute approximate surface area is 115 Å². The number of hydrogen-bond donors (Lipinski definition) is 2. The van der Waals surface area contributed by atoms with Crippen LogP contribution >= 0.6 is 0 Å². The summed E-state index contributed by atoms with van der Waals surface area (Å²) in [6.45, 7) is 0.375. The van der Waals surface area contributed by atoms with Crippen LogP contribution in [0.4, 0.5) is 5.82 Å². The molecule has 1 aromatic heterocycles. The minimum Gasteiger partial charge on any atom is -0.481 e. The maximum absolute atomic E-state index is 11.9. The largest absolute Gasteiger partial charge is 0.481 e. The number of carbonyl (C=O) groups is 1. The van der Waals surface area contributed by atoms with Gasteiger partial charge in [-0.05, 0) is 18.3 Å². The van der Waals surface area contributed by atoms with E-state index in [4.69, 9.17) is 5.11 Å². The van der Waals surface area contributed by atoms with Gasteiger partial charge in [-0.25, -0.2) is 9.48 Å². The molecule has 0 unspecified atom stereocenters. The van der Waals surface area contributed by atoms with E-state index in [0.717, 1.165) is 28.5 Å². The van der Waals surface area contributed by atoms with Crippen molar-refractivity contribution in [2.75, 3.05) is 11.9 Å². The Morgan fingerprint density at radius 1 is 1.40 bits per heavy atom. The third-order valence-corrected chi connectivity index (χ3v) is 3.89. The van der Waals surface area contributed by atoms with Crippen LogP contribution in [0, 0.1) is 5.41 Å². The summed E-state index contributed by atoms with van der Waals surface area (Å²) in [7, 11) is 2.84. The fourth-order valence-corrected chi connectivity index (χ4v) is 2.49. The molecular weight excluding hydrogens is 264 g/mol. The van der Waals surface area contributed by atoms with Crippen molar-refractivity contribution < 1.29 is 9.90 Å². The maximum atomic E-state index is 11.9. The molecular formula is C12H18N4O4. The second kappa shape index (κ2) is 5.10. The number of nitrogens with one attached hydrogen (secondary N) is 1. The lowest BCUT2D eigenvalue weighted by atomic mass is 9.66. The predicted octanol–water partition coefficient (Wildman–Crippen LogP) is -0.464. The summed E-state index contributed by atoms with van der Waals surface area (Å²) >= 11 is 0. The molecule has 1 saturated carbocycles. The molecule has 1 aromatic rings. The first kappa shape index (κ1) is 14.3. The molecule has 1 aliphatic rings. The molecule has 2 N–H and O–H groups in total. The monoisotopic (exact) mass is 282 g/mol. The van der Waals surface area contributed by atoms with E-state index in [1.807, 2.05) is 0 Å². The van der Waals surface area contributed by atoms with Gasteiger partial charge in [0.25, 0.3) is 5.56 Å². The van der Waals surface area contributed by atoms with Crippen molar-refractivity contribution in [2.24, 2.45) is 19.5 Å². The standard InChI is InChI=1S/C12H18N4O4/c1-15-10(19)9(14-16(2)11(15)20)13-7-12(4-3-5-12)6-8(17)18/h3-7H2,1-2H3,(H,13,14)(H,17,18). The molecule has 0 bridgehead atoms. The lowest BCUT2D eigenvalue weighted by Crippen LogP contribution is -2.43. The summed E-state index contributed by atoms with van der Waals surface area (Å²) in [5, 5.41) is 15.7. The fraction of sp³-hybridized carbons (Fsp3) is 0.667. The maximum Gasteiger partial charge on any atom is 0.346 e. The molecule has 0 amide bonds. The van der Waals surface area contributed by atoms with Gasteiger partial charge in [-0.15, -0.1) is 5.10 Å². The first-order valence-electron chi connectivity index (χ1n) is 6.45. The number of rotatable bonds is 5. The predicted molar refractivity (Wildman–Crippen MR) is 71.7 cm³/mol. The van der Waals surface area contributed by atoms with Gasteiger partial charge in [-0.3, -0.25) is 14.2 Å². The first-order valence-corrected chi connectivity index (χ1v) is 6.45. The average Bonchev–Trinajstić information content (AvgIpc) is 2.35. The SMILES string of the molecule is Cn1nc(NCC2(CC(=O)O)CCC2)c(=O)n(C)c1=O. The van der Waals surface area contributed by atoms with Crippen molar-refractivity contribution in [3.8, 4) is 0 Å². The number of anilines is 1. The molecule has 0 aliphatic heterocycles. The molecule has 0 radical (unpaired) electrons. The summed E-state index contributed by atoms with van der Waals surface area (Å²) in [5.74, 6) is -0.765. The number of hydrogen-bond acceptors (Lipinski definition) is 5. The van der Waals surface area contributed by atoms with Crippen LogP contribution < -0.4 is 16.6 Å². The van der Waals surface area contributed by atoms with Crippen LogP contribution in [0.25, 0.3) is 0 Å². The third-order valence-electron chi connectivity index (χ3n) is 3.89. The highest BCUT2D eigenvalue weighted by atomic mass is 16.4. The second-order valence-corrected chi connectivity index (χ2v) is 5.40. The van der Waals surface area contributed by atoms with Gasteiger partial charge in [0.05, 0.1) is 6.42 Å². The zero-order valence-corrected chi connectivity index (χ0v) is 11.5. The zero-order chi connectivity index (χ0) is 14.9. The molecule has 1 aliphatic carbocycles. The van der Waals surface area contributed by atoms with Crippen LogP contribution in [0.5, 0.6) is 0 Å². The molecule has 1 heterocycles. The Morgan fingerprint density at radius 2 is 2.05 bits per heavy atom. The number of nitrogens with zero attached hydrogens (tertiary/aromatic N) is 3. The lowest BCUT2D eigenvalue weighted by Gasteiger charge is -2.40. The quantitative estimate of drug-likeness (QED) is 0.756. The number of aromatic nitrogens is 3. The Kier molecular flexibility index (Phi) is 3.65. The summed E-state index contributed by atoms with van der Waals surface area (Å²) in [4.78, 5) is 34.3. The third kappa shape index (κ3) is 2.59. The Hall–Kier alpha value is -2.12. The number of aryl methyl sites for hydroxylation is 1. The van der Waals surface area contributed by atoms with E-state index >= 15 is 0 Å². The Balaban J connectivity index is 2.17. The van der Waals surface area contributed by atoms with Gasteiger partial charge in [0.1, 0.15) is 0 Å². The van der Waals surface area contributed by atoms with Crippen LogP contribution in [0.15, 0.2) is 9.59 Å². The van der Waals surface area contributed by atoms with Crippen LogP contribution in [0.1, 0.15) is 25.7 Å². The van der Waals surface area contributed by atoms with Gasteiger partial charge in [0.2, 0.25) is 5.82 Å². The van der Waals surface area contributed by atoms with E-state index in [1.165, 1.54) is 14.1 Å². The van der Waals surface area contributed by atoms with Gasteiger partial charge in [-0.2, -0.15) is 0 Å². The van der Waals surface area contributed by atoms with Crippen molar-refractivity contribution >= 4 is 11.8 Å². The van der Waals surface area contributed by atoms with Crippen molar-refractivity contribution in [3.63, 3.8) is 0 Å². The highest BCUT2D eigenvalue weighted by Gasteiger charge is 2.39. The van der Waals surface area contributed by atoms with Gasteiger partial charge in [0.15, 0.2) is 0 Å². The van der Waals surface area contributed by atoms with Crippen molar-refractivity contribution in [1.29, 1.82) is 0 Å². The van der Waals surface area contributed by atoms with Gasteiger partial charge < -0.3 is 10.4 Å². The molecule has 1 fully saturated rings. The van der Waals surface area contributed by atoms with Crippen LogP contribution in [-0.4, -0.2) is 32.0 Å². The summed E-state index contributed by atoms with van der Waals surface area (Å²) in [5.41, 5.74) is -1.31. The molecule has 0 aromatic carbocycles. The number of carboxylic acids is 1. The van der Waals surface area contributed by atoms with Gasteiger partial charge >= 0.3 is 11.7 Å². The fourth-order valence-electron chi connectivity index (χ4n) is 2.49. The summed E-state index contributed by atoms with van der Waals surface area (Å²) < 4.78 is 2.05. The smallest absolute Gasteiger partial charge is 0.346 e. The molecule has 0 saturated heterocycles. The molecule has 2 rings (SSSR count). The van der Waals surface area contributed by atoms with E-state index in [-0.39, 0.29) is 17.7 Å². The van der Waals surface area contributed by atoms with E-state index in [9.17, 15) is 14.4 Å². The summed E-state index contributed by atoms with van der Waals surface area (Å²) in [6, 6.07) is 0. The van der Waals surface area contributed by atoms with E-state index in [1.54, 1.807) is 0 Å².